The van der Waals surface area contributed by atoms with Gasteiger partial charge in [-0.2, -0.15) is 5.26 Å². The van der Waals surface area contributed by atoms with Gasteiger partial charge in [-0.1, -0.05) is 31.9 Å². The minimum absolute atomic E-state index is 0.651. The van der Waals surface area contributed by atoms with Crippen molar-refractivity contribution < 1.29 is 4.74 Å². The van der Waals surface area contributed by atoms with E-state index in [9.17, 15) is 5.26 Å². The molecular formula is C25H26N4O. The van der Waals surface area contributed by atoms with Crippen LogP contribution in [-0.2, 0) is 6.42 Å². The van der Waals surface area contributed by atoms with Crippen molar-refractivity contribution in [2.45, 2.75) is 39.5 Å². The summed E-state index contributed by atoms with van der Waals surface area (Å²) in [4.78, 5) is 4.79. The van der Waals surface area contributed by atoms with Gasteiger partial charge < -0.3 is 10.1 Å². The number of nitrogens with zero attached hydrogens (tertiary/aromatic N) is 3. The second kappa shape index (κ2) is 8.46. The molecule has 0 aliphatic rings. The highest BCUT2D eigenvalue weighted by Crippen LogP contribution is 2.34. The maximum Gasteiger partial charge on any atom is 0.157 e. The van der Waals surface area contributed by atoms with Crippen molar-refractivity contribution in [2.75, 3.05) is 12.4 Å². The van der Waals surface area contributed by atoms with Gasteiger partial charge in [0.2, 0.25) is 0 Å². The number of anilines is 2. The number of hydrogen-bond acceptors (Lipinski definition) is 4. The number of methoxy groups -OCH3 is 1. The number of hydrogen-bond donors (Lipinski definition) is 1. The molecule has 5 heteroatoms. The zero-order chi connectivity index (χ0) is 21.1. The smallest absolute Gasteiger partial charge is 0.157 e. The largest absolute Gasteiger partial charge is 0.497 e. The van der Waals surface area contributed by atoms with Gasteiger partial charge in [-0.3, -0.25) is 4.40 Å². The molecular weight excluding hydrogens is 372 g/mol. The van der Waals surface area contributed by atoms with E-state index in [1.54, 1.807) is 7.11 Å². The first-order chi connectivity index (χ1) is 14.7. The van der Waals surface area contributed by atoms with E-state index in [0.717, 1.165) is 59.5 Å². The third-order valence-corrected chi connectivity index (χ3v) is 5.62. The van der Waals surface area contributed by atoms with Crippen molar-refractivity contribution in [3.8, 4) is 11.8 Å². The Morgan fingerprint density at radius 3 is 2.57 bits per heavy atom. The lowest BCUT2D eigenvalue weighted by atomic mass is 9.99. The summed E-state index contributed by atoms with van der Waals surface area (Å²) in [5, 5.41) is 13.6. The monoisotopic (exact) mass is 398 g/mol. The number of ether oxygens (including phenoxy) is 1. The highest BCUT2D eigenvalue weighted by Gasteiger charge is 2.20. The summed E-state index contributed by atoms with van der Waals surface area (Å²) in [6, 6.07) is 18.3. The SMILES string of the molecule is CCCCCc1c(C)c(C#N)c2nc3ccccc3n2c1Nc1ccc(OC)cc1. The van der Waals surface area contributed by atoms with E-state index < -0.39 is 0 Å². The van der Waals surface area contributed by atoms with Crippen LogP contribution in [0.4, 0.5) is 11.5 Å². The number of pyridine rings is 1. The minimum atomic E-state index is 0.651. The normalized spacial score (nSPS) is 11.0. The van der Waals surface area contributed by atoms with Crippen LogP contribution in [-0.4, -0.2) is 16.5 Å². The summed E-state index contributed by atoms with van der Waals surface area (Å²) in [7, 11) is 1.67. The second-order valence-electron chi connectivity index (χ2n) is 7.51. The van der Waals surface area contributed by atoms with Gasteiger partial charge >= 0.3 is 0 Å². The predicted octanol–water partition coefficient (Wildman–Crippen LogP) is 6.15. The fourth-order valence-electron chi connectivity index (χ4n) is 3.99. The first-order valence-electron chi connectivity index (χ1n) is 10.4. The quantitative estimate of drug-likeness (QED) is 0.379. The van der Waals surface area contributed by atoms with E-state index >= 15 is 0 Å². The zero-order valence-electron chi connectivity index (χ0n) is 17.7. The van der Waals surface area contributed by atoms with Gasteiger partial charge in [0.25, 0.3) is 0 Å². The molecule has 1 N–H and O–H groups in total. The Hall–Kier alpha value is -3.52. The summed E-state index contributed by atoms with van der Waals surface area (Å²) in [5.74, 6) is 1.80. The van der Waals surface area contributed by atoms with E-state index in [2.05, 4.69) is 28.8 Å². The van der Waals surface area contributed by atoms with Crippen LogP contribution >= 0.6 is 0 Å². The molecule has 152 valence electrons. The lowest BCUT2D eigenvalue weighted by molar-refractivity contribution is 0.415. The minimum Gasteiger partial charge on any atom is -0.497 e. The highest BCUT2D eigenvalue weighted by atomic mass is 16.5. The van der Waals surface area contributed by atoms with Crippen molar-refractivity contribution in [3.05, 3.63) is 65.2 Å². The Labute approximate surface area is 176 Å². The van der Waals surface area contributed by atoms with Gasteiger partial charge in [0.1, 0.15) is 17.6 Å². The average Bonchev–Trinajstić information content (AvgIpc) is 3.15. The number of aromatic nitrogens is 2. The molecule has 2 aromatic carbocycles. The molecule has 0 aliphatic heterocycles. The molecule has 0 fully saturated rings. The second-order valence-corrected chi connectivity index (χ2v) is 7.51. The van der Waals surface area contributed by atoms with Gasteiger partial charge in [0.15, 0.2) is 5.65 Å². The number of para-hydroxylation sites is 2. The van der Waals surface area contributed by atoms with Crippen LogP contribution in [0.1, 0.15) is 42.9 Å². The lowest BCUT2D eigenvalue weighted by Gasteiger charge is -2.19. The first-order valence-corrected chi connectivity index (χ1v) is 10.4. The average molecular weight is 399 g/mol. The van der Waals surface area contributed by atoms with Crippen LogP contribution < -0.4 is 10.1 Å². The number of nitriles is 1. The topological polar surface area (TPSA) is 62.4 Å². The molecule has 0 spiro atoms. The van der Waals surface area contributed by atoms with Gasteiger partial charge in [-0.15, -0.1) is 0 Å². The molecule has 4 rings (SSSR count). The summed E-state index contributed by atoms with van der Waals surface area (Å²) in [6.07, 6.45) is 4.31. The Balaban J connectivity index is 1.97. The van der Waals surface area contributed by atoms with Crippen LogP contribution in [0, 0.1) is 18.3 Å². The number of nitrogens with one attached hydrogen (secondary N) is 1. The third-order valence-electron chi connectivity index (χ3n) is 5.62. The number of imidazole rings is 1. The Morgan fingerprint density at radius 1 is 1.10 bits per heavy atom. The van der Waals surface area contributed by atoms with E-state index in [1.165, 1.54) is 5.56 Å². The summed E-state index contributed by atoms with van der Waals surface area (Å²) in [6.45, 7) is 4.25. The number of benzene rings is 2. The molecule has 0 atom stereocenters. The van der Waals surface area contributed by atoms with Crippen LogP contribution in [0.5, 0.6) is 5.75 Å². The van der Waals surface area contributed by atoms with Crippen molar-refractivity contribution in [1.29, 1.82) is 5.26 Å². The lowest BCUT2D eigenvalue weighted by Crippen LogP contribution is -2.08. The van der Waals surface area contributed by atoms with Gasteiger partial charge in [-0.05, 0) is 67.3 Å². The van der Waals surface area contributed by atoms with E-state index in [1.807, 2.05) is 49.4 Å². The van der Waals surface area contributed by atoms with E-state index in [4.69, 9.17) is 9.72 Å². The Morgan fingerprint density at radius 2 is 1.87 bits per heavy atom. The fourth-order valence-corrected chi connectivity index (χ4v) is 3.99. The van der Waals surface area contributed by atoms with Crippen LogP contribution in [0.25, 0.3) is 16.7 Å². The van der Waals surface area contributed by atoms with Gasteiger partial charge in [-0.25, -0.2) is 4.98 Å². The Bertz CT molecular complexity index is 1230. The van der Waals surface area contributed by atoms with Crippen LogP contribution in [0.15, 0.2) is 48.5 Å². The Kier molecular flexibility index (Phi) is 5.58. The van der Waals surface area contributed by atoms with Crippen molar-refractivity contribution in [2.24, 2.45) is 0 Å². The predicted molar refractivity (Wildman–Crippen MR) is 122 cm³/mol. The molecule has 0 unspecified atom stereocenters. The molecule has 0 amide bonds. The molecule has 2 heterocycles. The third kappa shape index (κ3) is 3.46. The zero-order valence-corrected chi connectivity index (χ0v) is 17.7. The van der Waals surface area contributed by atoms with Crippen LogP contribution in [0.2, 0.25) is 0 Å². The summed E-state index contributed by atoms with van der Waals surface area (Å²) < 4.78 is 7.40. The molecule has 0 saturated heterocycles. The molecule has 5 nitrogen and oxygen atoms in total. The van der Waals surface area contributed by atoms with Crippen LogP contribution in [0.3, 0.4) is 0 Å². The van der Waals surface area contributed by atoms with Gasteiger partial charge in [0, 0.05) is 5.69 Å². The van der Waals surface area contributed by atoms with E-state index in [-0.39, 0.29) is 0 Å². The van der Waals surface area contributed by atoms with E-state index in [0.29, 0.717) is 11.2 Å². The molecule has 30 heavy (non-hydrogen) atoms. The number of fused-ring (bicyclic) bond motifs is 3. The van der Waals surface area contributed by atoms with Crippen molar-refractivity contribution in [3.63, 3.8) is 0 Å². The van der Waals surface area contributed by atoms with Gasteiger partial charge in [0.05, 0.1) is 23.7 Å². The number of rotatable bonds is 7. The van der Waals surface area contributed by atoms with Crippen molar-refractivity contribution in [1.82, 2.24) is 9.38 Å². The standard InChI is InChI=1S/C25H26N4O/c1-4-5-6-9-20-17(2)21(16-26)25-28-22-10-7-8-11-23(22)29(25)24(20)27-18-12-14-19(30-3)15-13-18/h7-8,10-15,27H,4-6,9H2,1-3H3. The van der Waals surface area contributed by atoms with Crippen molar-refractivity contribution >= 4 is 28.2 Å². The highest BCUT2D eigenvalue weighted by molar-refractivity contribution is 5.87. The summed E-state index contributed by atoms with van der Waals surface area (Å²) >= 11 is 0. The molecule has 0 bridgehead atoms. The molecule has 2 aromatic heterocycles. The maximum absolute atomic E-state index is 9.94. The first kappa shape index (κ1) is 19.8. The molecule has 0 aliphatic carbocycles. The molecule has 0 radical (unpaired) electrons. The number of unbranched alkanes of at least 4 members (excludes halogenated alkanes) is 2. The summed E-state index contributed by atoms with van der Waals surface area (Å²) in [5.41, 5.74) is 6.38. The molecule has 4 aromatic rings. The maximum atomic E-state index is 9.94. The molecule has 0 saturated carbocycles. The fraction of sp³-hybridized carbons (Fsp3) is 0.280.